The number of H-pyrrole nitrogens is 1. The predicted molar refractivity (Wildman–Crippen MR) is 79.9 cm³/mol. The van der Waals surface area contributed by atoms with Crippen LogP contribution in [0.5, 0.6) is 6.01 Å². The molecule has 9 heteroatoms. The number of nitrogens with one attached hydrogen (secondary N) is 2. The van der Waals surface area contributed by atoms with Gasteiger partial charge in [-0.1, -0.05) is 11.6 Å². The number of hydrogen-bond acceptors (Lipinski definition) is 7. The van der Waals surface area contributed by atoms with Gasteiger partial charge in [-0.15, -0.1) is 0 Å². The van der Waals surface area contributed by atoms with E-state index in [1.165, 1.54) is 13.3 Å². The van der Waals surface area contributed by atoms with E-state index in [2.05, 4.69) is 30.5 Å². The summed E-state index contributed by atoms with van der Waals surface area (Å²) in [5.74, 6) is 2.40. The number of anilines is 1. The fraction of sp³-hybridized carbons (Fsp3) is 0.231. The Morgan fingerprint density at radius 2 is 2.32 bits per heavy atom. The van der Waals surface area contributed by atoms with Crippen LogP contribution in [-0.2, 0) is 6.42 Å². The lowest BCUT2D eigenvalue weighted by atomic mass is 10.4. The van der Waals surface area contributed by atoms with Gasteiger partial charge in [0.15, 0.2) is 11.6 Å². The van der Waals surface area contributed by atoms with Crippen molar-refractivity contribution in [2.75, 3.05) is 19.0 Å². The molecule has 0 unspecified atom stereocenters. The Kier molecular flexibility index (Phi) is 4.19. The van der Waals surface area contributed by atoms with Gasteiger partial charge in [0.25, 0.3) is 0 Å². The monoisotopic (exact) mass is 320 g/mol. The summed E-state index contributed by atoms with van der Waals surface area (Å²) in [7, 11) is 1.50. The minimum absolute atomic E-state index is 0.256. The van der Waals surface area contributed by atoms with Crippen molar-refractivity contribution < 1.29 is 9.15 Å². The van der Waals surface area contributed by atoms with E-state index in [1.54, 1.807) is 18.4 Å². The third-order valence-electron chi connectivity index (χ3n) is 2.83. The molecule has 0 aliphatic carbocycles. The van der Waals surface area contributed by atoms with Crippen LogP contribution >= 0.6 is 11.6 Å². The summed E-state index contributed by atoms with van der Waals surface area (Å²) in [4.78, 5) is 12.4. The molecule has 0 saturated heterocycles. The van der Waals surface area contributed by atoms with Gasteiger partial charge in [-0.2, -0.15) is 10.1 Å². The minimum Gasteiger partial charge on any atom is -0.467 e. The lowest BCUT2D eigenvalue weighted by molar-refractivity contribution is 0.380. The van der Waals surface area contributed by atoms with Gasteiger partial charge in [-0.25, -0.2) is 9.97 Å². The molecule has 0 fully saturated rings. The van der Waals surface area contributed by atoms with E-state index in [-0.39, 0.29) is 6.01 Å². The number of nitrogens with zero attached hydrogens (tertiary/aromatic N) is 4. The van der Waals surface area contributed by atoms with E-state index < -0.39 is 0 Å². The third kappa shape index (κ3) is 3.17. The molecule has 22 heavy (non-hydrogen) atoms. The smallest absolute Gasteiger partial charge is 0.318 e. The maximum absolute atomic E-state index is 6.02. The first kappa shape index (κ1) is 14.3. The van der Waals surface area contributed by atoms with Crippen molar-refractivity contribution in [1.29, 1.82) is 0 Å². The second-order valence-electron chi connectivity index (χ2n) is 4.31. The van der Waals surface area contributed by atoms with Crippen LogP contribution in [0.25, 0.3) is 11.6 Å². The molecule has 0 aliphatic rings. The van der Waals surface area contributed by atoms with Crippen LogP contribution in [-0.4, -0.2) is 38.8 Å². The summed E-state index contributed by atoms with van der Waals surface area (Å²) < 4.78 is 10.2. The van der Waals surface area contributed by atoms with Crippen molar-refractivity contribution in [3.63, 3.8) is 0 Å². The topological polar surface area (TPSA) is 102 Å². The second-order valence-corrected chi connectivity index (χ2v) is 4.72. The first-order valence-corrected chi connectivity index (χ1v) is 6.89. The number of aromatic nitrogens is 5. The van der Waals surface area contributed by atoms with E-state index in [4.69, 9.17) is 20.8 Å². The van der Waals surface area contributed by atoms with Crippen LogP contribution in [0, 0.1) is 0 Å². The zero-order valence-electron chi connectivity index (χ0n) is 11.7. The maximum atomic E-state index is 6.02. The van der Waals surface area contributed by atoms with Gasteiger partial charge in [-0.05, 0) is 12.1 Å². The molecule has 0 spiro atoms. The molecule has 3 heterocycles. The molecule has 3 rings (SSSR count). The molecular formula is C13H13ClN6O2. The maximum Gasteiger partial charge on any atom is 0.318 e. The molecule has 0 aromatic carbocycles. The number of hydrogen-bond donors (Lipinski definition) is 2. The van der Waals surface area contributed by atoms with Crippen molar-refractivity contribution in [3.8, 4) is 17.6 Å². The van der Waals surface area contributed by atoms with Crippen LogP contribution in [0.1, 0.15) is 5.82 Å². The molecule has 114 valence electrons. The minimum atomic E-state index is 0.256. The molecule has 2 N–H and O–H groups in total. The zero-order valence-corrected chi connectivity index (χ0v) is 12.5. The molecule has 0 atom stereocenters. The Hall–Kier alpha value is -2.61. The molecule has 3 aromatic heterocycles. The van der Waals surface area contributed by atoms with E-state index in [9.17, 15) is 0 Å². The van der Waals surface area contributed by atoms with E-state index in [1.807, 2.05) is 0 Å². The Labute approximate surface area is 130 Å². The fourth-order valence-electron chi connectivity index (χ4n) is 1.80. The van der Waals surface area contributed by atoms with Gasteiger partial charge >= 0.3 is 6.01 Å². The van der Waals surface area contributed by atoms with Crippen LogP contribution < -0.4 is 10.1 Å². The first-order chi connectivity index (χ1) is 10.8. The SMILES string of the molecule is COc1ncc(Cl)c(NCCc2nc(-c3ccco3)n[nH]2)n1. The summed E-state index contributed by atoms with van der Waals surface area (Å²) in [5, 5.41) is 10.5. The average Bonchev–Trinajstić information content (AvgIpc) is 3.20. The van der Waals surface area contributed by atoms with Crippen LogP contribution in [0.3, 0.4) is 0 Å². The molecule has 3 aromatic rings. The highest BCUT2D eigenvalue weighted by Crippen LogP contribution is 2.20. The Morgan fingerprint density at radius 3 is 3.09 bits per heavy atom. The fourth-order valence-corrected chi connectivity index (χ4v) is 1.95. The molecular weight excluding hydrogens is 308 g/mol. The predicted octanol–water partition coefficient (Wildman–Crippen LogP) is 2.17. The van der Waals surface area contributed by atoms with Gasteiger partial charge in [0.2, 0.25) is 5.82 Å². The Bertz CT molecular complexity index is 743. The summed E-state index contributed by atoms with van der Waals surface area (Å²) in [5.41, 5.74) is 0. The number of furan rings is 1. The highest BCUT2D eigenvalue weighted by molar-refractivity contribution is 6.32. The van der Waals surface area contributed by atoms with Crippen molar-refractivity contribution >= 4 is 17.4 Å². The van der Waals surface area contributed by atoms with Crippen LogP contribution in [0.4, 0.5) is 5.82 Å². The van der Waals surface area contributed by atoms with Crippen LogP contribution in [0.2, 0.25) is 5.02 Å². The molecule has 0 radical (unpaired) electrons. The van der Waals surface area contributed by atoms with E-state index >= 15 is 0 Å². The first-order valence-electron chi connectivity index (χ1n) is 6.52. The molecule has 0 amide bonds. The lowest BCUT2D eigenvalue weighted by Gasteiger charge is -2.07. The van der Waals surface area contributed by atoms with Gasteiger partial charge in [0, 0.05) is 13.0 Å². The Balaban J connectivity index is 1.59. The summed E-state index contributed by atoms with van der Waals surface area (Å²) in [6, 6.07) is 3.85. The average molecular weight is 321 g/mol. The number of aromatic amines is 1. The van der Waals surface area contributed by atoms with E-state index in [0.29, 0.717) is 35.4 Å². The summed E-state index contributed by atoms with van der Waals surface area (Å²) >= 11 is 6.02. The zero-order chi connectivity index (χ0) is 15.4. The summed E-state index contributed by atoms with van der Waals surface area (Å²) in [6.45, 7) is 0.576. The van der Waals surface area contributed by atoms with Crippen molar-refractivity contribution in [1.82, 2.24) is 25.1 Å². The van der Waals surface area contributed by atoms with Gasteiger partial charge in [0.1, 0.15) is 10.8 Å². The number of methoxy groups -OCH3 is 1. The number of halogens is 1. The third-order valence-corrected chi connectivity index (χ3v) is 3.11. The standard InChI is InChI=1S/C13H13ClN6O2/c1-21-13-16-7-8(14)11(18-13)15-5-4-10-17-12(20-19-10)9-3-2-6-22-9/h2-3,6-7H,4-5H2,1H3,(H,15,16,18)(H,17,19,20). The normalized spacial score (nSPS) is 10.6. The van der Waals surface area contributed by atoms with Gasteiger partial charge in [0.05, 0.1) is 19.6 Å². The molecule has 0 saturated carbocycles. The highest BCUT2D eigenvalue weighted by Gasteiger charge is 2.09. The molecule has 8 nitrogen and oxygen atoms in total. The Morgan fingerprint density at radius 1 is 1.41 bits per heavy atom. The largest absolute Gasteiger partial charge is 0.467 e. The molecule has 0 aliphatic heterocycles. The van der Waals surface area contributed by atoms with Crippen LogP contribution in [0.15, 0.2) is 29.0 Å². The van der Waals surface area contributed by atoms with Crippen molar-refractivity contribution in [2.45, 2.75) is 6.42 Å². The molecule has 0 bridgehead atoms. The van der Waals surface area contributed by atoms with Crippen molar-refractivity contribution in [3.05, 3.63) is 35.4 Å². The van der Waals surface area contributed by atoms with E-state index in [0.717, 1.165) is 5.82 Å². The number of ether oxygens (including phenoxy) is 1. The van der Waals surface area contributed by atoms with Crippen molar-refractivity contribution in [2.24, 2.45) is 0 Å². The number of rotatable bonds is 6. The second kappa shape index (κ2) is 6.44. The lowest BCUT2D eigenvalue weighted by Crippen LogP contribution is -2.08. The highest BCUT2D eigenvalue weighted by atomic mass is 35.5. The summed E-state index contributed by atoms with van der Waals surface area (Å²) in [6.07, 6.45) is 3.69. The quantitative estimate of drug-likeness (QED) is 0.717. The van der Waals surface area contributed by atoms with Gasteiger partial charge in [-0.3, -0.25) is 5.10 Å². The van der Waals surface area contributed by atoms with Gasteiger partial charge < -0.3 is 14.5 Å².